The van der Waals surface area contributed by atoms with Gasteiger partial charge in [0.15, 0.2) is 0 Å². The second-order valence-electron chi connectivity index (χ2n) is 3.70. The van der Waals surface area contributed by atoms with Gasteiger partial charge in [-0.1, -0.05) is 0 Å². The Bertz CT molecular complexity index is 247. The predicted molar refractivity (Wildman–Crippen MR) is 49.8 cm³/mol. The number of hydrogen-bond acceptors (Lipinski definition) is 4. The summed E-state index contributed by atoms with van der Waals surface area (Å²) in [5.41, 5.74) is 5.39. The molecule has 0 radical (unpaired) electrons. The number of aromatic nitrogens is 2. The third-order valence-electron chi connectivity index (χ3n) is 1.17. The van der Waals surface area contributed by atoms with Crippen molar-refractivity contribution in [3.63, 3.8) is 0 Å². The van der Waals surface area contributed by atoms with Gasteiger partial charge in [-0.05, 0) is 20.8 Å². The Balaban J connectivity index is 2.71. The third kappa shape index (κ3) is 2.74. The standard InChI is InChI=1S/C8H14N4/c1-8(2,3)12-7-5-10-6(9)4-11-7/h4-5H,1-3H3,(H2,9,10)(H,11,12). The lowest BCUT2D eigenvalue weighted by molar-refractivity contribution is 0.630. The molecule has 4 heteroatoms. The van der Waals surface area contributed by atoms with Crippen molar-refractivity contribution in [2.45, 2.75) is 26.3 Å². The van der Waals surface area contributed by atoms with Crippen LogP contribution >= 0.6 is 0 Å². The highest BCUT2D eigenvalue weighted by Crippen LogP contribution is 2.10. The molecule has 0 aliphatic heterocycles. The van der Waals surface area contributed by atoms with Crippen LogP contribution in [0.15, 0.2) is 12.4 Å². The lowest BCUT2D eigenvalue weighted by Gasteiger charge is -2.20. The first-order valence-corrected chi connectivity index (χ1v) is 3.83. The van der Waals surface area contributed by atoms with Crippen molar-refractivity contribution in [2.75, 3.05) is 11.1 Å². The molecule has 0 saturated carbocycles. The van der Waals surface area contributed by atoms with Gasteiger partial charge in [-0.3, -0.25) is 0 Å². The van der Waals surface area contributed by atoms with Crippen LogP contribution in [0.4, 0.5) is 11.6 Å². The molecule has 0 spiro atoms. The quantitative estimate of drug-likeness (QED) is 0.659. The zero-order chi connectivity index (χ0) is 9.19. The van der Waals surface area contributed by atoms with Crippen molar-refractivity contribution in [3.05, 3.63) is 12.4 Å². The zero-order valence-electron chi connectivity index (χ0n) is 7.63. The summed E-state index contributed by atoms with van der Waals surface area (Å²) in [5, 5.41) is 3.18. The lowest BCUT2D eigenvalue weighted by atomic mass is 10.1. The number of nitrogens with one attached hydrogen (secondary N) is 1. The molecular formula is C8H14N4. The number of nitrogen functional groups attached to an aromatic ring is 1. The first kappa shape index (κ1) is 8.77. The van der Waals surface area contributed by atoms with Crippen LogP contribution in [0.3, 0.4) is 0 Å². The van der Waals surface area contributed by atoms with E-state index in [-0.39, 0.29) is 5.54 Å². The summed E-state index contributed by atoms with van der Waals surface area (Å²) in [7, 11) is 0. The minimum atomic E-state index is 0.00476. The van der Waals surface area contributed by atoms with Crippen molar-refractivity contribution in [2.24, 2.45) is 0 Å². The molecule has 0 saturated heterocycles. The van der Waals surface area contributed by atoms with Gasteiger partial charge in [0.05, 0.1) is 12.4 Å². The molecule has 66 valence electrons. The zero-order valence-corrected chi connectivity index (χ0v) is 7.63. The highest BCUT2D eigenvalue weighted by molar-refractivity contribution is 5.37. The van der Waals surface area contributed by atoms with Crippen LogP contribution in [-0.2, 0) is 0 Å². The summed E-state index contributed by atoms with van der Waals surface area (Å²) in [6.07, 6.45) is 3.16. The number of rotatable bonds is 1. The van der Waals surface area contributed by atoms with E-state index >= 15 is 0 Å². The van der Waals surface area contributed by atoms with Crippen LogP contribution in [0.25, 0.3) is 0 Å². The van der Waals surface area contributed by atoms with Gasteiger partial charge in [0.1, 0.15) is 11.6 Å². The maximum atomic E-state index is 5.39. The fraction of sp³-hybridized carbons (Fsp3) is 0.500. The fourth-order valence-electron chi connectivity index (χ4n) is 0.787. The van der Waals surface area contributed by atoms with E-state index in [0.29, 0.717) is 5.82 Å². The first-order valence-electron chi connectivity index (χ1n) is 3.83. The molecule has 0 aliphatic carbocycles. The van der Waals surface area contributed by atoms with E-state index in [1.807, 2.05) is 0 Å². The van der Waals surface area contributed by atoms with E-state index in [1.54, 1.807) is 6.20 Å². The molecule has 0 bridgehead atoms. The van der Waals surface area contributed by atoms with E-state index < -0.39 is 0 Å². The highest BCUT2D eigenvalue weighted by atomic mass is 15.1. The minimum Gasteiger partial charge on any atom is -0.382 e. The minimum absolute atomic E-state index is 0.00476. The average molecular weight is 166 g/mol. The van der Waals surface area contributed by atoms with Crippen LogP contribution in [0, 0.1) is 0 Å². The van der Waals surface area contributed by atoms with Crippen LogP contribution in [-0.4, -0.2) is 15.5 Å². The second kappa shape index (κ2) is 2.97. The largest absolute Gasteiger partial charge is 0.382 e. The summed E-state index contributed by atoms with van der Waals surface area (Å²) in [6, 6.07) is 0. The SMILES string of the molecule is CC(C)(C)Nc1cnc(N)cn1. The molecule has 0 aliphatic rings. The summed E-state index contributed by atoms with van der Waals surface area (Å²) in [5.74, 6) is 1.19. The van der Waals surface area contributed by atoms with E-state index in [2.05, 4.69) is 36.1 Å². The molecule has 3 N–H and O–H groups in total. The molecule has 0 aromatic carbocycles. The molecule has 12 heavy (non-hydrogen) atoms. The number of nitrogens with zero attached hydrogens (tertiary/aromatic N) is 2. The monoisotopic (exact) mass is 166 g/mol. The van der Waals surface area contributed by atoms with E-state index in [9.17, 15) is 0 Å². The first-order chi connectivity index (χ1) is 5.47. The topological polar surface area (TPSA) is 63.8 Å². The van der Waals surface area contributed by atoms with Crippen LogP contribution in [0.1, 0.15) is 20.8 Å². The molecule has 4 nitrogen and oxygen atoms in total. The normalized spacial score (nSPS) is 11.2. The van der Waals surface area contributed by atoms with Gasteiger partial charge in [0.25, 0.3) is 0 Å². The molecule has 0 atom stereocenters. The Morgan fingerprint density at radius 3 is 2.33 bits per heavy atom. The number of nitrogens with two attached hydrogens (primary N) is 1. The molecule has 1 aromatic heterocycles. The van der Waals surface area contributed by atoms with Gasteiger partial charge >= 0.3 is 0 Å². The Hall–Kier alpha value is -1.32. The van der Waals surface area contributed by atoms with Gasteiger partial charge in [-0.15, -0.1) is 0 Å². The van der Waals surface area contributed by atoms with Crippen molar-refractivity contribution in [1.82, 2.24) is 9.97 Å². The molecule has 1 rings (SSSR count). The molecule has 0 fully saturated rings. The number of hydrogen-bond donors (Lipinski definition) is 2. The van der Waals surface area contributed by atoms with Gasteiger partial charge < -0.3 is 11.1 Å². The summed E-state index contributed by atoms with van der Waals surface area (Å²) in [4.78, 5) is 7.98. The Labute approximate surface area is 72.2 Å². The van der Waals surface area contributed by atoms with Crippen molar-refractivity contribution < 1.29 is 0 Å². The van der Waals surface area contributed by atoms with Gasteiger partial charge in [0.2, 0.25) is 0 Å². The molecule has 0 amide bonds. The lowest BCUT2D eigenvalue weighted by Crippen LogP contribution is -2.26. The Morgan fingerprint density at radius 2 is 1.92 bits per heavy atom. The van der Waals surface area contributed by atoms with Crippen LogP contribution < -0.4 is 11.1 Å². The summed E-state index contributed by atoms with van der Waals surface area (Å²) in [6.45, 7) is 6.18. The summed E-state index contributed by atoms with van der Waals surface area (Å²) >= 11 is 0. The maximum Gasteiger partial charge on any atom is 0.145 e. The molecular weight excluding hydrogens is 152 g/mol. The van der Waals surface area contributed by atoms with Crippen molar-refractivity contribution >= 4 is 11.6 Å². The smallest absolute Gasteiger partial charge is 0.145 e. The maximum absolute atomic E-state index is 5.39. The second-order valence-corrected chi connectivity index (χ2v) is 3.70. The van der Waals surface area contributed by atoms with E-state index in [0.717, 1.165) is 5.82 Å². The van der Waals surface area contributed by atoms with E-state index in [4.69, 9.17) is 5.73 Å². The Morgan fingerprint density at radius 1 is 1.25 bits per heavy atom. The summed E-state index contributed by atoms with van der Waals surface area (Å²) < 4.78 is 0. The Kier molecular flexibility index (Phi) is 2.17. The van der Waals surface area contributed by atoms with Crippen molar-refractivity contribution in [1.29, 1.82) is 0 Å². The van der Waals surface area contributed by atoms with Gasteiger partial charge in [-0.2, -0.15) is 0 Å². The molecule has 0 unspecified atom stereocenters. The average Bonchev–Trinajstić information content (AvgIpc) is 1.91. The highest BCUT2D eigenvalue weighted by Gasteiger charge is 2.09. The van der Waals surface area contributed by atoms with Gasteiger partial charge in [0, 0.05) is 5.54 Å². The molecule has 1 heterocycles. The van der Waals surface area contributed by atoms with Crippen molar-refractivity contribution in [3.8, 4) is 0 Å². The predicted octanol–water partition coefficient (Wildman–Crippen LogP) is 1.27. The number of anilines is 2. The van der Waals surface area contributed by atoms with Crippen LogP contribution in [0.5, 0.6) is 0 Å². The van der Waals surface area contributed by atoms with E-state index in [1.165, 1.54) is 6.20 Å². The van der Waals surface area contributed by atoms with Gasteiger partial charge in [-0.25, -0.2) is 9.97 Å². The van der Waals surface area contributed by atoms with Crippen LogP contribution in [0.2, 0.25) is 0 Å². The molecule has 1 aromatic rings. The third-order valence-corrected chi connectivity index (χ3v) is 1.17. The fourth-order valence-corrected chi connectivity index (χ4v) is 0.787.